The quantitative estimate of drug-likeness (QED) is 0.393. The van der Waals surface area contributed by atoms with Crippen LogP contribution in [-0.2, 0) is 6.61 Å². The van der Waals surface area contributed by atoms with Crippen LogP contribution in [0.15, 0.2) is 47.6 Å². The summed E-state index contributed by atoms with van der Waals surface area (Å²) in [6, 6.07) is 12.8. The Kier molecular flexibility index (Phi) is 4.48. The van der Waals surface area contributed by atoms with Crippen molar-refractivity contribution < 1.29 is 9.94 Å². The van der Waals surface area contributed by atoms with Gasteiger partial charge in [0, 0.05) is 10.6 Å². The van der Waals surface area contributed by atoms with Crippen LogP contribution in [0.3, 0.4) is 0 Å². The molecule has 0 radical (unpaired) electrons. The number of nitrogens with zero attached hydrogens (tertiary/aromatic N) is 1. The molecule has 0 saturated heterocycles. The molecule has 0 amide bonds. The lowest BCUT2D eigenvalue weighted by atomic mass is 10.1. The molecular formula is C15H15ClN2O2. The first kappa shape index (κ1) is 14.2. The third-order valence-electron chi connectivity index (χ3n) is 2.89. The predicted molar refractivity (Wildman–Crippen MR) is 79.5 cm³/mol. The van der Waals surface area contributed by atoms with Crippen LogP contribution in [0.1, 0.15) is 16.7 Å². The second kappa shape index (κ2) is 6.30. The van der Waals surface area contributed by atoms with Gasteiger partial charge in [-0.2, -0.15) is 0 Å². The number of aryl methyl sites for hydroxylation is 1. The fourth-order valence-electron chi connectivity index (χ4n) is 1.70. The fourth-order valence-corrected chi connectivity index (χ4v) is 1.82. The van der Waals surface area contributed by atoms with E-state index in [4.69, 9.17) is 27.3 Å². The lowest BCUT2D eigenvalue weighted by Crippen LogP contribution is -2.12. The summed E-state index contributed by atoms with van der Waals surface area (Å²) in [6.07, 6.45) is 0. The van der Waals surface area contributed by atoms with Crippen LogP contribution in [-0.4, -0.2) is 11.0 Å². The van der Waals surface area contributed by atoms with Crippen molar-refractivity contribution in [2.75, 3.05) is 0 Å². The molecule has 0 aliphatic carbocycles. The van der Waals surface area contributed by atoms with E-state index in [1.807, 2.05) is 37.3 Å². The van der Waals surface area contributed by atoms with Crippen molar-refractivity contribution in [1.82, 2.24) is 0 Å². The van der Waals surface area contributed by atoms with E-state index in [1.54, 1.807) is 12.1 Å². The summed E-state index contributed by atoms with van der Waals surface area (Å²) in [5.74, 6) is 0.859. The highest BCUT2D eigenvalue weighted by molar-refractivity contribution is 6.31. The fraction of sp³-hybridized carbons (Fsp3) is 0.133. The number of hydrogen-bond acceptors (Lipinski definition) is 3. The molecule has 5 heteroatoms. The highest BCUT2D eigenvalue weighted by atomic mass is 35.5. The maximum atomic E-state index is 8.59. The van der Waals surface area contributed by atoms with Crippen LogP contribution in [0, 0.1) is 6.92 Å². The molecule has 0 unspecified atom stereocenters. The zero-order valence-corrected chi connectivity index (χ0v) is 11.8. The number of benzene rings is 2. The SMILES string of the molecule is Cc1cc(OCc2ccc(/C(N)=N/O)cc2)ccc1Cl. The minimum Gasteiger partial charge on any atom is -0.489 e. The maximum absolute atomic E-state index is 8.59. The van der Waals surface area contributed by atoms with E-state index in [9.17, 15) is 0 Å². The molecule has 104 valence electrons. The van der Waals surface area contributed by atoms with Gasteiger partial charge in [0.1, 0.15) is 12.4 Å². The Hall–Kier alpha value is -2.20. The predicted octanol–water partition coefficient (Wildman–Crippen LogP) is 3.32. The summed E-state index contributed by atoms with van der Waals surface area (Å²) < 4.78 is 5.69. The minimum atomic E-state index is 0.0887. The Balaban J connectivity index is 2.02. The number of nitrogens with two attached hydrogens (primary N) is 1. The largest absolute Gasteiger partial charge is 0.489 e. The normalized spacial score (nSPS) is 11.4. The van der Waals surface area contributed by atoms with Gasteiger partial charge in [0.15, 0.2) is 5.84 Å². The Morgan fingerprint density at radius 2 is 1.95 bits per heavy atom. The smallest absolute Gasteiger partial charge is 0.170 e. The number of ether oxygens (including phenoxy) is 1. The van der Waals surface area contributed by atoms with E-state index in [2.05, 4.69) is 5.16 Å². The van der Waals surface area contributed by atoms with Gasteiger partial charge in [-0.3, -0.25) is 0 Å². The van der Waals surface area contributed by atoms with E-state index in [1.165, 1.54) is 0 Å². The van der Waals surface area contributed by atoms with E-state index in [0.29, 0.717) is 12.2 Å². The van der Waals surface area contributed by atoms with Gasteiger partial charge in [-0.15, -0.1) is 0 Å². The molecule has 0 heterocycles. The van der Waals surface area contributed by atoms with Gasteiger partial charge < -0.3 is 15.7 Å². The number of amidine groups is 1. The summed E-state index contributed by atoms with van der Waals surface area (Å²) >= 11 is 5.96. The van der Waals surface area contributed by atoms with Crippen LogP contribution >= 0.6 is 11.6 Å². The molecule has 2 aromatic rings. The Labute approximate surface area is 122 Å². The molecule has 0 aliphatic rings. The van der Waals surface area contributed by atoms with Crippen molar-refractivity contribution >= 4 is 17.4 Å². The summed E-state index contributed by atoms with van der Waals surface area (Å²) in [5, 5.41) is 12.3. The van der Waals surface area contributed by atoms with Gasteiger partial charge in [-0.1, -0.05) is 41.0 Å². The number of halogens is 1. The molecule has 0 aliphatic heterocycles. The van der Waals surface area contributed by atoms with E-state index in [0.717, 1.165) is 21.9 Å². The zero-order chi connectivity index (χ0) is 14.5. The van der Waals surface area contributed by atoms with E-state index < -0.39 is 0 Å². The van der Waals surface area contributed by atoms with Gasteiger partial charge in [0.05, 0.1) is 0 Å². The summed E-state index contributed by atoms with van der Waals surface area (Å²) in [6.45, 7) is 2.37. The van der Waals surface area contributed by atoms with Crippen LogP contribution in [0.2, 0.25) is 5.02 Å². The number of hydrogen-bond donors (Lipinski definition) is 2. The molecule has 0 aromatic heterocycles. The average molecular weight is 291 g/mol. The Morgan fingerprint density at radius 1 is 1.25 bits per heavy atom. The second-order valence-corrected chi connectivity index (χ2v) is 4.79. The molecule has 0 atom stereocenters. The maximum Gasteiger partial charge on any atom is 0.170 e. The van der Waals surface area contributed by atoms with Crippen molar-refractivity contribution in [3.63, 3.8) is 0 Å². The summed E-state index contributed by atoms with van der Waals surface area (Å²) in [4.78, 5) is 0. The van der Waals surface area contributed by atoms with Crippen molar-refractivity contribution in [2.45, 2.75) is 13.5 Å². The number of oxime groups is 1. The highest BCUT2D eigenvalue weighted by Crippen LogP contribution is 2.21. The Bertz CT molecular complexity index is 624. The monoisotopic (exact) mass is 290 g/mol. The molecule has 2 rings (SSSR count). The molecule has 0 saturated carbocycles. The molecule has 0 bridgehead atoms. The molecule has 3 N–H and O–H groups in total. The summed E-state index contributed by atoms with van der Waals surface area (Å²) in [7, 11) is 0. The second-order valence-electron chi connectivity index (χ2n) is 4.38. The van der Waals surface area contributed by atoms with Crippen LogP contribution in [0.25, 0.3) is 0 Å². The molecule has 2 aromatic carbocycles. The highest BCUT2D eigenvalue weighted by Gasteiger charge is 2.01. The first-order valence-corrected chi connectivity index (χ1v) is 6.43. The van der Waals surface area contributed by atoms with Gasteiger partial charge in [-0.05, 0) is 36.2 Å². The van der Waals surface area contributed by atoms with Crippen LogP contribution in [0.4, 0.5) is 0 Å². The first-order valence-electron chi connectivity index (χ1n) is 6.06. The van der Waals surface area contributed by atoms with Crippen molar-refractivity contribution in [3.05, 3.63) is 64.2 Å². The standard InChI is InChI=1S/C15H15ClN2O2/c1-10-8-13(6-7-14(10)16)20-9-11-2-4-12(5-3-11)15(17)18-19/h2-8,19H,9H2,1H3,(H2,17,18). The topological polar surface area (TPSA) is 67.8 Å². The zero-order valence-electron chi connectivity index (χ0n) is 11.0. The lowest BCUT2D eigenvalue weighted by Gasteiger charge is -2.08. The Morgan fingerprint density at radius 3 is 2.55 bits per heavy atom. The average Bonchev–Trinajstić information content (AvgIpc) is 2.48. The van der Waals surface area contributed by atoms with Crippen LogP contribution < -0.4 is 10.5 Å². The van der Waals surface area contributed by atoms with Gasteiger partial charge in [0.25, 0.3) is 0 Å². The molecule has 0 spiro atoms. The van der Waals surface area contributed by atoms with E-state index >= 15 is 0 Å². The number of rotatable bonds is 4. The third-order valence-corrected chi connectivity index (χ3v) is 3.32. The third kappa shape index (κ3) is 3.42. The van der Waals surface area contributed by atoms with Crippen molar-refractivity contribution in [1.29, 1.82) is 0 Å². The first-order chi connectivity index (χ1) is 9.60. The van der Waals surface area contributed by atoms with Gasteiger partial charge in [0.2, 0.25) is 0 Å². The summed E-state index contributed by atoms with van der Waals surface area (Å²) in [5.41, 5.74) is 8.13. The molecule has 20 heavy (non-hydrogen) atoms. The van der Waals surface area contributed by atoms with Gasteiger partial charge >= 0.3 is 0 Å². The molecule has 0 fully saturated rings. The van der Waals surface area contributed by atoms with Crippen LogP contribution in [0.5, 0.6) is 5.75 Å². The van der Waals surface area contributed by atoms with Crippen molar-refractivity contribution in [3.8, 4) is 5.75 Å². The molecular weight excluding hydrogens is 276 g/mol. The van der Waals surface area contributed by atoms with E-state index in [-0.39, 0.29) is 5.84 Å². The van der Waals surface area contributed by atoms with Gasteiger partial charge in [-0.25, -0.2) is 0 Å². The molecule has 4 nitrogen and oxygen atoms in total. The lowest BCUT2D eigenvalue weighted by molar-refractivity contribution is 0.306. The minimum absolute atomic E-state index is 0.0887. The van der Waals surface area contributed by atoms with Crippen molar-refractivity contribution in [2.24, 2.45) is 10.9 Å².